The zero-order valence-electron chi connectivity index (χ0n) is 27.0. The van der Waals surface area contributed by atoms with Gasteiger partial charge >= 0.3 is 6.09 Å². The molecule has 2 saturated heterocycles. The standard InChI is InChI=1S/C34H45N5O6/c1-24(2)20-39(32(41)30-28(23-44-27-11-7-6-8-12-27)38-14-10-9-13-29(38)35-30)26-19-25(31(40)36-15-17-43-18-16-36)21-37(22-26)33(42)45-34(3,4)5/h6-14,24-26H,15-23H2,1-5H3/t25-,26?/m1/s1. The average Bonchev–Trinajstić information content (AvgIpc) is 3.40. The van der Waals surface area contributed by atoms with E-state index >= 15 is 0 Å². The summed E-state index contributed by atoms with van der Waals surface area (Å²) in [5, 5.41) is 0. The Balaban J connectivity index is 1.48. The molecule has 5 rings (SSSR count). The van der Waals surface area contributed by atoms with Crippen molar-refractivity contribution >= 4 is 23.6 Å². The van der Waals surface area contributed by atoms with Gasteiger partial charge in [0.2, 0.25) is 5.91 Å². The van der Waals surface area contributed by atoms with Gasteiger partial charge in [0, 0.05) is 38.9 Å². The number of piperidine rings is 1. The van der Waals surface area contributed by atoms with E-state index in [4.69, 9.17) is 19.2 Å². The molecule has 45 heavy (non-hydrogen) atoms. The Morgan fingerprint density at radius 3 is 2.40 bits per heavy atom. The molecule has 2 aliphatic heterocycles. The van der Waals surface area contributed by atoms with E-state index in [9.17, 15) is 14.4 Å². The number of aromatic nitrogens is 2. The number of rotatable bonds is 8. The molecule has 0 spiro atoms. The van der Waals surface area contributed by atoms with Crippen molar-refractivity contribution < 1.29 is 28.6 Å². The largest absolute Gasteiger partial charge is 0.487 e. The van der Waals surface area contributed by atoms with Gasteiger partial charge in [-0.05, 0) is 57.4 Å². The van der Waals surface area contributed by atoms with Crippen molar-refractivity contribution in [3.8, 4) is 5.75 Å². The summed E-state index contributed by atoms with van der Waals surface area (Å²) in [5.41, 5.74) is 0.861. The highest BCUT2D eigenvalue weighted by molar-refractivity contribution is 5.95. The number of likely N-dealkylation sites (tertiary alicyclic amines) is 1. The number of nitrogens with zero attached hydrogens (tertiary/aromatic N) is 5. The summed E-state index contributed by atoms with van der Waals surface area (Å²) in [6, 6.07) is 14.7. The number of pyridine rings is 1. The monoisotopic (exact) mass is 619 g/mol. The predicted octanol–water partition coefficient (Wildman–Crippen LogP) is 4.50. The summed E-state index contributed by atoms with van der Waals surface area (Å²) in [7, 11) is 0. The van der Waals surface area contributed by atoms with E-state index in [0.29, 0.717) is 62.1 Å². The van der Waals surface area contributed by atoms with Crippen molar-refractivity contribution in [2.45, 2.75) is 59.3 Å². The van der Waals surface area contributed by atoms with E-state index < -0.39 is 23.7 Å². The van der Waals surface area contributed by atoms with Crippen LogP contribution in [0.4, 0.5) is 4.79 Å². The van der Waals surface area contributed by atoms with Crippen LogP contribution in [-0.4, -0.2) is 99.6 Å². The molecule has 4 heterocycles. The van der Waals surface area contributed by atoms with Crippen LogP contribution in [-0.2, 0) is 20.9 Å². The number of fused-ring (bicyclic) bond motifs is 1. The minimum absolute atomic E-state index is 0.0295. The Bertz CT molecular complexity index is 1480. The van der Waals surface area contributed by atoms with Crippen molar-refractivity contribution in [3.05, 3.63) is 66.1 Å². The Hall–Kier alpha value is -4.12. The third-order valence-electron chi connectivity index (χ3n) is 7.97. The van der Waals surface area contributed by atoms with Crippen LogP contribution in [0.1, 0.15) is 57.2 Å². The van der Waals surface area contributed by atoms with E-state index in [1.807, 2.05) is 93.7 Å². The molecule has 2 aliphatic rings. The fourth-order valence-electron chi connectivity index (χ4n) is 5.95. The second-order valence-electron chi connectivity index (χ2n) is 13.2. The molecule has 2 aromatic heterocycles. The number of ether oxygens (including phenoxy) is 3. The third kappa shape index (κ3) is 7.94. The van der Waals surface area contributed by atoms with Crippen molar-refractivity contribution in [2.75, 3.05) is 45.9 Å². The lowest BCUT2D eigenvalue weighted by Crippen LogP contribution is -2.58. The molecule has 11 heteroatoms. The fraction of sp³-hybridized carbons (Fsp3) is 0.529. The van der Waals surface area contributed by atoms with E-state index in [0.717, 1.165) is 0 Å². The Kier molecular flexibility index (Phi) is 9.96. The van der Waals surface area contributed by atoms with Crippen LogP contribution in [0.15, 0.2) is 54.7 Å². The predicted molar refractivity (Wildman–Crippen MR) is 169 cm³/mol. The zero-order chi connectivity index (χ0) is 32.1. The maximum absolute atomic E-state index is 14.6. The van der Waals surface area contributed by atoms with Gasteiger partial charge in [-0.25, -0.2) is 9.78 Å². The summed E-state index contributed by atoms with van der Waals surface area (Å²) in [5.74, 6) is 0.0375. The number of imidazole rings is 1. The van der Waals surface area contributed by atoms with Crippen LogP contribution in [0.5, 0.6) is 5.75 Å². The normalized spacial score (nSPS) is 19.1. The van der Waals surface area contributed by atoms with Crippen molar-refractivity contribution in [3.63, 3.8) is 0 Å². The van der Waals surface area contributed by atoms with Gasteiger partial charge in [-0.1, -0.05) is 38.1 Å². The highest BCUT2D eigenvalue weighted by atomic mass is 16.6. The van der Waals surface area contributed by atoms with Gasteiger partial charge in [-0.2, -0.15) is 0 Å². The summed E-state index contributed by atoms with van der Waals surface area (Å²) in [6.07, 6.45) is 1.81. The van der Waals surface area contributed by atoms with Gasteiger partial charge in [-0.3, -0.25) is 14.0 Å². The highest BCUT2D eigenvalue weighted by Gasteiger charge is 2.42. The number of hydrogen-bond donors (Lipinski definition) is 0. The molecule has 1 aromatic carbocycles. The maximum Gasteiger partial charge on any atom is 0.410 e. The first kappa shape index (κ1) is 32.3. The molecule has 0 radical (unpaired) electrons. The van der Waals surface area contributed by atoms with Gasteiger partial charge in [0.05, 0.1) is 30.9 Å². The third-order valence-corrected chi connectivity index (χ3v) is 7.97. The van der Waals surface area contributed by atoms with E-state index in [1.54, 1.807) is 14.7 Å². The SMILES string of the molecule is CC(C)CN(C(=O)c1nc2ccccn2c1COc1ccccc1)C1C[C@@H](C(=O)N2CCOCC2)CN(C(=O)OC(C)(C)C)C1. The van der Waals surface area contributed by atoms with Crippen LogP contribution < -0.4 is 4.74 Å². The lowest BCUT2D eigenvalue weighted by atomic mass is 9.91. The topological polar surface area (TPSA) is 106 Å². The molecule has 242 valence electrons. The van der Waals surface area contributed by atoms with Crippen molar-refractivity contribution in [1.29, 1.82) is 0 Å². The van der Waals surface area contributed by atoms with E-state index in [1.165, 1.54) is 0 Å². The lowest BCUT2D eigenvalue weighted by Gasteiger charge is -2.44. The molecule has 2 fully saturated rings. The van der Waals surface area contributed by atoms with Gasteiger partial charge in [0.15, 0.2) is 5.69 Å². The van der Waals surface area contributed by atoms with Gasteiger partial charge in [0.25, 0.3) is 5.91 Å². The van der Waals surface area contributed by atoms with Crippen LogP contribution in [0.2, 0.25) is 0 Å². The molecule has 3 amide bonds. The molecule has 0 aliphatic carbocycles. The van der Waals surface area contributed by atoms with Crippen LogP contribution in [0.25, 0.3) is 5.65 Å². The van der Waals surface area contributed by atoms with Gasteiger partial charge < -0.3 is 28.9 Å². The molecular weight excluding hydrogens is 574 g/mol. The van der Waals surface area contributed by atoms with Crippen LogP contribution in [0.3, 0.4) is 0 Å². The van der Waals surface area contributed by atoms with E-state index in [2.05, 4.69) is 0 Å². The minimum atomic E-state index is -0.703. The second kappa shape index (κ2) is 13.9. The van der Waals surface area contributed by atoms with Crippen LogP contribution in [0, 0.1) is 11.8 Å². The van der Waals surface area contributed by atoms with E-state index in [-0.39, 0.29) is 37.4 Å². The first-order valence-corrected chi connectivity index (χ1v) is 15.8. The number of carbonyl (C=O) groups is 3. The first-order chi connectivity index (χ1) is 21.5. The Morgan fingerprint density at radius 1 is 1.00 bits per heavy atom. The molecule has 0 bridgehead atoms. The second-order valence-corrected chi connectivity index (χ2v) is 13.2. The summed E-state index contributed by atoms with van der Waals surface area (Å²) < 4.78 is 19.2. The Morgan fingerprint density at radius 2 is 1.71 bits per heavy atom. The average molecular weight is 620 g/mol. The number of carbonyl (C=O) groups excluding carboxylic acids is 3. The van der Waals surface area contributed by atoms with Crippen LogP contribution >= 0.6 is 0 Å². The molecule has 2 atom stereocenters. The molecule has 11 nitrogen and oxygen atoms in total. The summed E-state index contributed by atoms with van der Waals surface area (Å²) >= 11 is 0. The number of amides is 3. The van der Waals surface area contributed by atoms with Crippen molar-refractivity contribution in [1.82, 2.24) is 24.1 Å². The lowest BCUT2D eigenvalue weighted by molar-refractivity contribution is -0.142. The smallest absolute Gasteiger partial charge is 0.410 e. The van der Waals surface area contributed by atoms with Gasteiger partial charge in [0.1, 0.15) is 23.6 Å². The molecule has 0 N–H and O–H groups in total. The summed E-state index contributed by atoms with van der Waals surface area (Å²) in [4.78, 5) is 51.8. The highest BCUT2D eigenvalue weighted by Crippen LogP contribution is 2.28. The number of morpholine rings is 1. The summed E-state index contributed by atoms with van der Waals surface area (Å²) in [6.45, 7) is 12.6. The molecule has 0 saturated carbocycles. The Labute approximate surface area is 265 Å². The fourth-order valence-corrected chi connectivity index (χ4v) is 5.95. The maximum atomic E-state index is 14.6. The van der Waals surface area contributed by atoms with Gasteiger partial charge in [-0.15, -0.1) is 0 Å². The quantitative estimate of drug-likeness (QED) is 0.366. The number of benzene rings is 1. The molecule has 3 aromatic rings. The first-order valence-electron chi connectivity index (χ1n) is 15.8. The van der Waals surface area contributed by atoms with Crippen molar-refractivity contribution in [2.24, 2.45) is 11.8 Å². The minimum Gasteiger partial charge on any atom is -0.487 e. The number of hydrogen-bond acceptors (Lipinski definition) is 7. The molecule has 1 unspecified atom stereocenters. The zero-order valence-corrected chi connectivity index (χ0v) is 27.0. The molecular formula is C34H45N5O6. The number of para-hydroxylation sites is 1.